The van der Waals surface area contributed by atoms with Gasteiger partial charge in [0.1, 0.15) is 6.10 Å². The van der Waals surface area contributed by atoms with Crippen LogP contribution in [0.15, 0.2) is 12.2 Å². The third-order valence-electron chi connectivity index (χ3n) is 1.80. The molecule has 0 rings (SSSR count). The van der Waals surface area contributed by atoms with E-state index in [9.17, 15) is 5.11 Å². The van der Waals surface area contributed by atoms with E-state index >= 15 is 0 Å². The smallest absolute Gasteiger partial charge is 0.139 e. The Kier molecular flexibility index (Phi) is 5.98. The monoisotopic (exact) mass is 174 g/mol. The third kappa shape index (κ3) is 3.85. The van der Waals surface area contributed by atoms with E-state index in [1.807, 2.05) is 6.92 Å². The first kappa shape index (κ1) is 11.6. The number of hydrogen-bond acceptors (Lipinski definition) is 3. The number of aliphatic hydroxyl groups excluding tert-OH is 1. The van der Waals surface area contributed by atoms with Gasteiger partial charge in [-0.1, -0.05) is 26.3 Å². The van der Waals surface area contributed by atoms with Gasteiger partial charge in [-0.15, -0.1) is 0 Å². The maximum absolute atomic E-state index is 9.46. The highest BCUT2D eigenvalue weighted by Crippen LogP contribution is 2.13. The van der Waals surface area contributed by atoms with E-state index in [4.69, 9.17) is 5.26 Å². The van der Waals surface area contributed by atoms with Gasteiger partial charge in [-0.3, -0.25) is 5.26 Å². The van der Waals surface area contributed by atoms with Crippen LogP contribution in [0.4, 0.5) is 0 Å². The van der Waals surface area contributed by atoms with Crippen LogP contribution in [0.1, 0.15) is 33.1 Å². The van der Waals surface area contributed by atoms with Crippen molar-refractivity contribution in [3.63, 3.8) is 0 Å². The normalized spacial score (nSPS) is 15.7. The second kappa shape index (κ2) is 6.17. The van der Waals surface area contributed by atoms with Crippen LogP contribution in [0.5, 0.6) is 0 Å². The van der Waals surface area contributed by atoms with Crippen molar-refractivity contribution in [3.8, 4) is 0 Å². The summed E-state index contributed by atoms with van der Waals surface area (Å²) < 4.78 is 0. The molecule has 0 radical (unpaired) electrons. The lowest BCUT2D eigenvalue weighted by molar-refractivity contribution is -0.286. The molecular formula is C9H18O3. The first-order valence-corrected chi connectivity index (χ1v) is 4.27. The van der Waals surface area contributed by atoms with Gasteiger partial charge < -0.3 is 5.11 Å². The van der Waals surface area contributed by atoms with Gasteiger partial charge in [0.15, 0.2) is 0 Å². The third-order valence-corrected chi connectivity index (χ3v) is 1.80. The van der Waals surface area contributed by atoms with Gasteiger partial charge >= 0.3 is 0 Å². The molecule has 0 aliphatic heterocycles. The Labute approximate surface area is 73.6 Å². The molecule has 2 atom stereocenters. The Morgan fingerprint density at radius 3 is 2.50 bits per heavy atom. The zero-order valence-corrected chi connectivity index (χ0v) is 7.79. The molecule has 12 heavy (non-hydrogen) atoms. The van der Waals surface area contributed by atoms with Crippen LogP contribution in [0.3, 0.4) is 0 Å². The number of aliphatic hydroxyl groups is 1. The van der Waals surface area contributed by atoms with Crippen molar-refractivity contribution in [2.24, 2.45) is 0 Å². The van der Waals surface area contributed by atoms with E-state index in [0.29, 0.717) is 12.0 Å². The van der Waals surface area contributed by atoms with E-state index in [1.165, 1.54) is 0 Å². The maximum atomic E-state index is 9.46. The minimum absolute atomic E-state index is 0.634. The van der Waals surface area contributed by atoms with Gasteiger partial charge in [0, 0.05) is 0 Å². The van der Waals surface area contributed by atoms with Gasteiger partial charge in [-0.2, -0.15) is 0 Å². The number of rotatable bonds is 6. The zero-order chi connectivity index (χ0) is 9.56. The first-order valence-electron chi connectivity index (χ1n) is 4.27. The summed E-state index contributed by atoms with van der Waals surface area (Å²) in [5, 5.41) is 17.9. The van der Waals surface area contributed by atoms with Crippen molar-refractivity contribution >= 4 is 0 Å². The minimum Gasteiger partial charge on any atom is -0.390 e. The van der Waals surface area contributed by atoms with Gasteiger partial charge in [0.2, 0.25) is 0 Å². The van der Waals surface area contributed by atoms with E-state index in [2.05, 4.69) is 11.5 Å². The van der Waals surface area contributed by atoms with Gasteiger partial charge in [0.05, 0.1) is 6.10 Å². The Hall–Kier alpha value is -0.380. The van der Waals surface area contributed by atoms with Crippen molar-refractivity contribution in [1.29, 1.82) is 0 Å². The van der Waals surface area contributed by atoms with Crippen LogP contribution in [0, 0.1) is 0 Å². The Bertz CT molecular complexity index is 134. The summed E-state index contributed by atoms with van der Waals surface area (Å²) in [5.74, 6) is 0. The molecule has 3 nitrogen and oxygen atoms in total. The van der Waals surface area contributed by atoms with Crippen LogP contribution >= 0.6 is 0 Å². The highest BCUT2D eigenvalue weighted by Gasteiger charge is 2.19. The zero-order valence-electron chi connectivity index (χ0n) is 7.79. The van der Waals surface area contributed by atoms with Crippen LogP contribution < -0.4 is 0 Å². The number of hydrogen-bond donors (Lipinski definition) is 2. The summed E-state index contributed by atoms with van der Waals surface area (Å²) in [4.78, 5) is 4.12. The molecule has 0 fully saturated rings. The summed E-state index contributed by atoms with van der Waals surface area (Å²) in [6, 6.07) is 0. The molecule has 0 unspecified atom stereocenters. The highest BCUT2D eigenvalue weighted by atomic mass is 17.1. The number of unbranched alkanes of at least 4 members (excludes halogenated alkanes) is 1. The van der Waals surface area contributed by atoms with E-state index in [0.717, 1.165) is 12.8 Å². The topological polar surface area (TPSA) is 49.7 Å². The molecule has 72 valence electrons. The summed E-state index contributed by atoms with van der Waals surface area (Å²) in [6.45, 7) is 7.37. The maximum Gasteiger partial charge on any atom is 0.139 e. The molecule has 0 amide bonds. The molecule has 0 spiro atoms. The average Bonchev–Trinajstić information content (AvgIpc) is 2.01. The fourth-order valence-electron chi connectivity index (χ4n) is 1.05. The van der Waals surface area contributed by atoms with Crippen molar-refractivity contribution in [2.45, 2.75) is 45.3 Å². The predicted octanol–water partition coefficient (Wildman–Crippen LogP) is 1.97. The summed E-state index contributed by atoms with van der Waals surface area (Å²) in [6.07, 6.45) is 1.29. The summed E-state index contributed by atoms with van der Waals surface area (Å²) in [5.41, 5.74) is 0.640. The lowest BCUT2D eigenvalue weighted by Crippen LogP contribution is -2.28. The van der Waals surface area contributed by atoms with Crippen molar-refractivity contribution in [2.75, 3.05) is 0 Å². The second-order valence-electron chi connectivity index (χ2n) is 3.08. The Morgan fingerprint density at radius 2 is 2.17 bits per heavy atom. The van der Waals surface area contributed by atoms with Crippen molar-refractivity contribution in [1.82, 2.24) is 0 Å². The molecule has 2 N–H and O–H groups in total. The predicted molar refractivity (Wildman–Crippen MR) is 47.8 cm³/mol. The SMILES string of the molecule is C=C(C)[C@@H](OO)[C@@H](O)CCCC. The van der Waals surface area contributed by atoms with Crippen molar-refractivity contribution in [3.05, 3.63) is 12.2 Å². The largest absolute Gasteiger partial charge is 0.390 e. The summed E-state index contributed by atoms with van der Waals surface area (Å²) in [7, 11) is 0. The quantitative estimate of drug-likeness (QED) is 0.368. The van der Waals surface area contributed by atoms with Crippen LogP contribution in [0.25, 0.3) is 0 Å². The molecular weight excluding hydrogens is 156 g/mol. The highest BCUT2D eigenvalue weighted by molar-refractivity contribution is 5.00. The lowest BCUT2D eigenvalue weighted by Gasteiger charge is -2.19. The van der Waals surface area contributed by atoms with E-state index in [1.54, 1.807) is 6.92 Å². The first-order chi connectivity index (χ1) is 5.63. The van der Waals surface area contributed by atoms with Gasteiger partial charge in [-0.05, 0) is 18.9 Å². The van der Waals surface area contributed by atoms with E-state index in [-0.39, 0.29) is 0 Å². The molecule has 0 aromatic carbocycles. The molecule has 0 aliphatic rings. The van der Waals surface area contributed by atoms with Gasteiger partial charge in [0.25, 0.3) is 0 Å². The molecule has 0 aliphatic carbocycles. The molecule has 0 saturated carbocycles. The minimum atomic E-state index is -0.646. The lowest BCUT2D eigenvalue weighted by atomic mass is 10.0. The van der Waals surface area contributed by atoms with Crippen LogP contribution in [0.2, 0.25) is 0 Å². The summed E-state index contributed by atoms with van der Waals surface area (Å²) >= 11 is 0. The van der Waals surface area contributed by atoms with Crippen LogP contribution in [-0.2, 0) is 4.89 Å². The molecule has 0 aromatic rings. The van der Waals surface area contributed by atoms with Crippen molar-refractivity contribution < 1.29 is 15.3 Å². The molecule has 0 heterocycles. The molecule has 0 aromatic heterocycles. The average molecular weight is 174 g/mol. The fourth-order valence-corrected chi connectivity index (χ4v) is 1.05. The standard InChI is InChI=1S/C9H18O3/c1-4-5-6-8(10)9(12-11)7(2)3/h8-11H,2,4-6H2,1,3H3/t8-,9+/m0/s1. The second-order valence-corrected chi connectivity index (χ2v) is 3.08. The van der Waals surface area contributed by atoms with Crippen LogP contribution in [-0.4, -0.2) is 22.6 Å². The molecule has 0 bridgehead atoms. The van der Waals surface area contributed by atoms with Gasteiger partial charge in [-0.25, -0.2) is 4.89 Å². The molecule has 0 saturated heterocycles. The Morgan fingerprint density at radius 1 is 1.58 bits per heavy atom. The Balaban J connectivity index is 3.85. The fraction of sp³-hybridized carbons (Fsp3) is 0.778. The van der Waals surface area contributed by atoms with E-state index < -0.39 is 12.2 Å². The molecule has 3 heteroatoms.